The molecule has 0 spiro atoms. The van der Waals surface area contributed by atoms with Crippen LogP contribution in [0.3, 0.4) is 0 Å². The zero-order chi connectivity index (χ0) is 10.4. The third-order valence-electron chi connectivity index (χ3n) is 3.01. The average molecular weight is 197 g/mol. The molecule has 1 heterocycles. The number of rotatable bonds is 5. The maximum atomic E-state index is 5.88. The van der Waals surface area contributed by atoms with Crippen LogP contribution in [-0.2, 0) is 4.74 Å². The Kier molecular flexibility index (Phi) is 4.63. The zero-order valence-corrected chi connectivity index (χ0v) is 9.51. The lowest BCUT2D eigenvalue weighted by molar-refractivity contribution is -0.0787. The highest BCUT2D eigenvalue weighted by molar-refractivity contribution is 5.01. The van der Waals surface area contributed by atoms with Gasteiger partial charge in [0.05, 0.1) is 11.6 Å². The van der Waals surface area contributed by atoms with Crippen molar-refractivity contribution in [3.05, 3.63) is 12.7 Å². The topological polar surface area (TPSA) is 21.3 Å². The SMILES string of the molecule is C=CC(NCCC)C1(C)CCCCO1. The van der Waals surface area contributed by atoms with Crippen LogP contribution < -0.4 is 5.32 Å². The molecule has 1 rings (SSSR count). The standard InChI is InChI=1S/C12H23NO/c1-4-9-13-11(5-2)12(3)8-6-7-10-14-12/h5,11,13H,2,4,6-10H2,1,3H3. The first-order valence-corrected chi connectivity index (χ1v) is 5.73. The van der Waals surface area contributed by atoms with Crippen molar-refractivity contribution in [2.75, 3.05) is 13.2 Å². The third-order valence-corrected chi connectivity index (χ3v) is 3.01. The Labute approximate surface area is 87.7 Å². The number of hydrogen-bond donors (Lipinski definition) is 1. The van der Waals surface area contributed by atoms with E-state index in [0.29, 0.717) is 6.04 Å². The summed E-state index contributed by atoms with van der Waals surface area (Å²) in [5.74, 6) is 0. The van der Waals surface area contributed by atoms with Crippen molar-refractivity contribution < 1.29 is 4.74 Å². The van der Waals surface area contributed by atoms with E-state index >= 15 is 0 Å². The molecule has 0 aromatic carbocycles. The second-order valence-electron chi connectivity index (χ2n) is 4.29. The van der Waals surface area contributed by atoms with Crippen molar-refractivity contribution in [3.8, 4) is 0 Å². The normalized spacial score (nSPS) is 29.9. The number of hydrogen-bond acceptors (Lipinski definition) is 2. The first kappa shape index (κ1) is 11.7. The highest BCUT2D eigenvalue weighted by atomic mass is 16.5. The molecule has 2 unspecified atom stereocenters. The van der Waals surface area contributed by atoms with Crippen LogP contribution in [0.25, 0.3) is 0 Å². The van der Waals surface area contributed by atoms with Crippen molar-refractivity contribution in [3.63, 3.8) is 0 Å². The van der Waals surface area contributed by atoms with E-state index in [9.17, 15) is 0 Å². The number of nitrogens with one attached hydrogen (secondary N) is 1. The molecule has 2 heteroatoms. The van der Waals surface area contributed by atoms with Crippen molar-refractivity contribution in [1.82, 2.24) is 5.32 Å². The van der Waals surface area contributed by atoms with Crippen LogP contribution in [0.4, 0.5) is 0 Å². The maximum absolute atomic E-state index is 5.88. The second-order valence-corrected chi connectivity index (χ2v) is 4.29. The van der Waals surface area contributed by atoms with Gasteiger partial charge in [0, 0.05) is 6.61 Å². The minimum absolute atomic E-state index is 0.0326. The third kappa shape index (κ3) is 2.82. The molecule has 1 fully saturated rings. The van der Waals surface area contributed by atoms with Crippen LogP contribution in [-0.4, -0.2) is 24.8 Å². The molecule has 0 aliphatic carbocycles. The van der Waals surface area contributed by atoms with Gasteiger partial charge in [0.2, 0.25) is 0 Å². The summed E-state index contributed by atoms with van der Waals surface area (Å²) in [6, 6.07) is 0.294. The maximum Gasteiger partial charge on any atom is 0.0842 e. The average Bonchev–Trinajstić information content (AvgIpc) is 2.20. The van der Waals surface area contributed by atoms with E-state index in [4.69, 9.17) is 4.74 Å². The van der Waals surface area contributed by atoms with Crippen molar-refractivity contribution in [2.24, 2.45) is 0 Å². The minimum atomic E-state index is -0.0326. The van der Waals surface area contributed by atoms with Crippen molar-refractivity contribution in [2.45, 2.75) is 51.2 Å². The summed E-state index contributed by atoms with van der Waals surface area (Å²) in [5.41, 5.74) is -0.0326. The smallest absolute Gasteiger partial charge is 0.0842 e. The molecule has 14 heavy (non-hydrogen) atoms. The van der Waals surface area contributed by atoms with Gasteiger partial charge in [-0.25, -0.2) is 0 Å². The van der Waals surface area contributed by atoms with Gasteiger partial charge in [-0.3, -0.25) is 0 Å². The molecular formula is C12H23NO. The fourth-order valence-electron chi connectivity index (χ4n) is 2.05. The van der Waals surface area contributed by atoms with Gasteiger partial charge >= 0.3 is 0 Å². The molecule has 0 aromatic rings. The van der Waals surface area contributed by atoms with Gasteiger partial charge in [-0.15, -0.1) is 6.58 Å². The van der Waals surface area contributed by atoms with E-state index in [1.165, 1.54) is 12.8 Å². The van der Waals surface area contributed by atoms with Gasteiger partial charge in [0.15, 0.2) is 0 Å². The first-order valence-electron chi connectivity index (χ1n) is 5.73. The van der Waals surface area contributed by atoms with Gasteiger partial charge in [-0.1, -0.05) is 13.0 Å². The summed E-state index contributed by atoms with van der Waals surface area (Å²) in [7, 11) is 0. The Hall–Kier alpha value is -0.340. The predicted molar refractivity (Wildman–Crippen MR) is 60.5 cm³/mol. The Morgan fingerprint density at radius 1 is 1.57 bits per heavy atom. The van der Waals surface area contributed by atoms with Gasteiger partial charge in [-0.2, -0.15) is 0 Å². The first-order chi connectivity index (χ1) is 6.73. The van der Waals surface area contributed by atoms with E-state index in [-0.39, 0.29) is 5.60 Å². The van der Waals surface area contributed by atoms with Gasteiger partial charge in [0.25, 0.3) is 0 Å². The van der Waals surface area contributed by atoms with Gasteiger partial charge < -0.3 is 10.1 Å². The molecule has 0 radical (unpaired) electrons. The highest BCUT2D eigenvalue weighted by Gasteiger charge is 2.34. The molecule has 0 bridgehead atoms. The van der Waals surface area contributed by atoms with Crippen LogP contribution in [0.2, 0.25) is 0 Å². The highest BCUT2D eigenvalue weighted by Crippen LogP contribution is 2.28. The predicted octanol–water partition coefficient (Wildman–Crippen LogP) is 2.50. The fraction of sp³-hybridized carbons (Fsp3) is 0.833. The largest absolute Gasteiger partial charge is 0.373 e. The molecule has 0 saturated carbocycles. The Morgan fingerprint density at radius 3 is 2.86 bits per heavy atom. The molecular weight excluding hydrogens is 174 g/mol. The molecule has 0 amide bonds. The molecule has 2 atom stereocenters. The number of ether oxygens (including phenoxy) is 1. The van der Waals surface area contributed by atoms with Crippen LogP contribution in [0, 0.1) is 0 Å². The summed E-state index contributed by atoms with van der Waals surface area (Å²) in [4.78, 5) is 0. The molecule has 2 nitrogen and oxygen atoms in total. The monoisotopic (exact) mass is 197 g/mol. The zero-order valence-electron chi connectivity index (χ0n) is 9.51. The van der Waals surface area contributed by atoms with Crippen LogP contribution in [0.15, 0.2) is 12.7 Å². The van der Waals surface area contributed by atoms with E-state index in [2.05, 4.69) is 25.7 Å². The van der Waals surface area contributed by atoms with E-state index < -0.39 is 0 Å². The lowest BCUT2D eigenvalue weighted by Gasteiger charge is -2.39. The lowest BCUT2D eigenvalue weighted by atomic mass is 9.88. The summed E-state index contributed by atoms with van der Waals surface area (Å²) in [6.07, 6.45) is 6.75. The lowest BCUT2D eigenvalue weighted by Crippen LogP contribution is -2.51. The van der Waals surface area contributed by atoms with E-state index in [0.717, 1.165) is 26.0 Å². The molecule has 1 aliphatic heterocycles. The molecule has 1 N–H and O–H groups in total. The summed E-state index contributed by atoms with van der Waals surface area (Å²) >= 11 is 0. The van der Waals surface area contributed by atoms with Crippen LogP contribution in [0.5, 0.6) is 0 Å². The van der Waals surface area contributed by atoms with Crippen molar-refractivity contribution in [1.29, 1.82) is 0 Å². The quantitative estimate of drug-likeness (QED) is 0.684. The summed E-state index contributed by atoms with van der Waals surface area (Å²) in [5, 5.41) is 3.49. The summed E-state index contributed by atoms with van der Waals surface area (Å²) in [6.45, 7) is 10.2. The molecule has 1 aliphatic rings. The Balaban J connectivity index is 2.51. The van der Waals surface area contributed by atoms with Crippen LogP contribution >= 0.6 is 0 Å². The fourth-order valence-corrected chi connectivity index (χ4v) is 2.05. The van der Waals surface area contributed by atoms with E-state index in [1.54, 1.807) is 0 Å². The Bertz CT molecular complexity index is 173. The summed E-state index contributed by atoms with van der Waals surface area (Å²) < 4.78 is 5.88. The molecule has 1 saturated heterocycles. The van der Waals surface area contributed by atoms with Gasteiger partial charge in [0.1, 0.15) is 0 Å². The Morgan fingerprint density at radius 2 is 2.36 bits per heavy atom. The van der Waals surface area contributed by atoms with Gasteiger partial charge in [-0.05, 0) is 39.2 Å². The molecule has 0 aromatic heterocycles. The van der Waals surface area contributed by atoms with Crippen LogP contribution in [0.1, 0.15) is 39.5 Å². The molecule has 82 valence electrons. The van der Waals surface area contributed by atoms with Crippen molar-refractivity contribution >= 4 is 0 Å². The van der Waals surface area contributed by atoms with E-state index in [1.807, 2.05) is 6.08 Å². The minimum Gasteiger partial charge on any atom is -0.373 e. The second kappa shape index (κ2) is 5.52.